The molecule has 31 heavy (non-hydrogen) atoms. The monoisotopic (exact) mass is 509 g/mol. The van der Waals surface area contributed by atoms with Crippen molar-refractivity contribution in [2.75, 3.05) is 39.8 Å². The predicted molar refractivity (Wildman–Crippen MR) is 122 cm³/mol. The van der Waals surface area contributed by atoms with Gasteiger partial charge < -0.3 is 9.64 Å². The number of quaternary nitrogens is 1. The molecule has 1 aliphatic heterocycles. The van der Waals surface area contributed by atoms with E-state index in [1.807, 2.05) is 25.1 Å². The molecule has 2 N–H and O–H groups in total. The Hall–Kier alpha value is -2.27. The SMILES string of the molecule is COc1ccc(Br)cc1C=NNC(=O)C[NH+]1CCN(S(=O)(=O)c2ccc(C)cc2)CC1. The highest BCUT2D eigenvalue weighted by Crippen LogP contribution is 2.21. The highest BCUT2D eigenvalue weighted by Gasteiger charge is 2.31. The maximum atomic E-state index is 12.8. The molecule has 1 fully saturated rings. The second-order valence-electron chi connectivity index (χ2n) is 7.32. The van der Waals surface area contributed by atoms with Crippen LogP contribution in [-0.2, 0) is 14.8 Å². The van der Waals surface area contributed by atoms with Gasteiger partial charge in [-0.1, -0.05) is 33.6 Å². The number of hydrazone groups is 1. The first-order valence-corrected chi connectivity index (χ1v) is 12.1. The van der Waals surface area contributed by atoms with Gasteiger partial charge in [-0.15, -0.1) is 0 Å². The third-order valence-corrected chi connectivity index (χ3v) is 7.49. The van der Waals surface area contributed by atoms with E-state index in [4.69, 9.17) is 4.74 Å². The number of carbonyl (C=O) groups is 1. The number of rotatable bonds is 7. The van der Waals surface area contributed by atoms with Crippen molar-refractivity contribution < 1.29 is 22.8 Å². The molecule has 1 heterocycles. The molecule has 2 aromatic carbocycles. The summed E-state index contributed by atoms with van der Waals surface area (Å²) in [7, 11) is -1.93. The maximum absolute atomic E-state index is 12.8. The fraction of sp³-hybridized carbons (Fsp3) is 0.333. The summed E-state index contributed by atoms with van der Waals surface area (Å²) in [5.41, 5.74) is 4.28. The normalized spacial score (nSPS) is 15.8. The van der Waals surface area contributed by atoms with Crippen LogP contribution in [0.3, 0.4) is 0 Å². The second kappa shape index (κ2) is 10.4. The first kappa shape index (κ1) is 23.4. The largest absolute Gasteiger partial charge is 0.496 e. The van der Waals surface area contributed by atoms with Crippen molar-refractivity contribution in [3.05, 3.63) is 58.1 Å². The topological polar surface area (TPSA) is 92.5 Å². The first-order valence-electron chi connectivity index (χ1n) is 9.85. The van der Waals surface area contributed by atoms with Crippen LogP contribution in [0, 0.1) is 6.92 Å². The van der Waals surface area contributed by atoms with Crippen LogP contribution >= 0.6 is 15.9 Å². The number of piperazine rings is 1. The molecule has 1 amide bonds. The van der Waals surface area contributed by atoms with Gasteiger partial charge in [0.1, 0.15) is 5.75 Å². The van der Waals surface area contributed by atoms with Crippen molar-refractivity contribution in [3.63, 3.8) is 0 Å². The molecule has 1 aliphatic rings. The molecule has 0 atom stereocenters. The molecule has 0 radical (unpaired) electrons. The van der Waals surface area contributed by atoms with E-state index >= 15 is 0 Å². The average Bonchev–Trinajstić information content (AvgIpc) is 2.74. The van der Waals surface area contributed by atoms with Gasteiger partial charge in [0.25, 0.3) is 5.91 Å². The molecule has 3 rings (SSSR count). The summed E-state index contributed by atoms with van der Waals surface area (Å²) in [4.78, 5) is 13.6. The van der Waals surface area contributed by atoms with Crippen LogP contribution in [0.5, 0.6) is 5.75 Å². The number of hydrogen-bond acceptors (Lipinski definition) is 5. The lowest BCUT2D eigenvalue weighted by Crippen LogP contribution is -3.15. The molecular weight excluding hydrogens is 484 g/mol. The average molecular weight is 510 g/mol. The van der Waals surface area contributed by atoms with Gasteiger partial charge in [0.05, 0.1) is 44.4 Å². The quantitative estimate of drug-likeness (QED) is 0.426. The van der Waals surface area contributed by atoms with Crippen LogP contribution in [-0.4, -0.2) is 64.7 Å². The molecule has 2 aromatic rings. The van der Waals surface area contributed by atoms with Crippen LogP contribution in [0.1, 0.15) is 11.1 Å². The number of nitrogens with zero attached hydrogens (tertiary/aromatic N) is 2. The van der Waals surface area contributed by atoms with E-state index in [1.54, 1.807) is 31.4 Å². The molecular formula is C21H26BrN4O4S+. The second-order valence-corrected chi connectivity index (χ2v) is 10.2. The zero-order valence-corrected chi connectivity index (χ0v) is 19.9. The van der Waals surface area contributed by atoms with Crippen molar-refractivity contribution in [1.29, 1.82) is 0 Å². The van der Waals surface area contributed by atoms with Crippen LogP contribution in [0.15, 0.2) is 56.9 Å². The number of hydrogen-bond donors (Lipinski definition) is 2. The number of halogens is 1. The van der Waals surface area contributed by atoms with E-state index in [1.165, 1.54) is 10.5 Å². The lowest BCUT2D eigenvalue weighted by atomic mass is 10.2. The molecule has 0 saturated carbocycles. The van der Waals surface area contributed by atoms with Gasteiger partial charge >= 0.3 is 0 Å². The first-order chi connectivity index (χ1) is 14.8. The summed E-state index contributed by atoms with van der Waals surface area (Å²) >= 11 is 3.39. The Kier molecular flexibility index (Phi) is 7.82. The number of methoxy groups -OCH3 is 1. The number of amides is 1. The molecule has 1 saturated heterocycles. The Morgan fingerprint density at radius 3 is 2.55 bits per heavy atom. The zero-order valence-electron chi connectivity index (χ0n) is 17.5. The fourth-order valence-corrected chi connectivity index (χ4v) is 5.15. The molecule has 0 unspecified atom stereocenters. The molecule has 8 nitrogen and oxygen atoms in total. The summed E-state index contributed by atoms with van der Waals surface area (Å²) in [5, 5.41) is 4.01. The van der Waals surface area contributed by atoms with Gasteiger partial charge in [-0.2, -0.15) is 9.41 Å². The van der Waals surface area contributed by atoms with Crippen molar-refractivity contribution in [3.8, 4) is 5.75 Å². The van der Waals surface area contributed by atoms with Gasteiger partial charge in [-0.05, 0) is 37.3 Å². The summed E-state index contributed by atoms with van der Waals surface area (Å²) < 4.78 is 33.2. The van der Waals surface area contributed by atoms with Gasteiger partial charge in [0, 0.05) is 10.0 Å². The third kappa shape index (κ3) is 6.13. The number of nitrogens with one attached hydrogen (secondary N) is 2. The number of carbonyl (C=O) groups excluding carboxylic acids is 1. The fourth-order valence-electron chi connectivity index (χ4n) is 3.33. The van der Waals surface area contributed by atoms with E-state index in [2.05, 4.69) is 26.5 Å². The minimum Gasteiger partial charge on any atom is -0.496 e. The van der Waals surface area contributed by atoms with E-state index < -0.39 is 10.0 Å². The summed E-state index contributed by atoms with van der Waals surface area (Å²) in [5.74, 6) is 0.424. The Balaban J connectivity index is 1.50. The van der Waals surface area contributed by atoms with E-state index in [9.17, 15) is 13.2 Å². The van der Waals surface area contributed by atoms with E-state index in [-0.39, 0.29) is 12.5 Å². The van der Waals surface area contributed by atoms with Crippen molar-refractivity contribution >= 4 is 38.1 Å². The van der Waals surface area contributed by atoms with Crippen molar-refractivity contribution in [2.45, 2.75) is 11.8 Å². The molecule has 0 aliphatic carbocycles. The standard InChI is InChI=1S/C21H25BrN4O4S/c1-16-3-6-19(7-4-16)31(28,29)26-11-9-25(10-12-26)15-21(27)24-23-14-17-13-18(22)5-8-20(17)30-2/h3-8,13-14H,9-12,15H2,1-2H3,(H,24,27)/p+1. The number of sulfonamides is 1. The van der Waals surface area contributed by atoms with Gasteiger partial charge in [-0.3, -0.25) is 4.79 Å². The Morgan fingerprint density at radius 2 is 1.90 bits per heavy atom. The van der Waals surface area contributed by atoms with Crippen LogP contribution in [0.25, 0.3) is 0 Å². The van der Waals surface area contributed by atoms with Gasteiger partial charge in [0.15, 0.2) is 6.54 Å². The minimum absolute atomic E-state index is 0.227. The van der Waals surface area contributed by atoms with Crippen LogP contribution < -0.4 is 15.1 Å². The minimum atomic E-state index is -3.51. The van der Waals surface area contributed by atoms with E-state index in [0.717, 1.165) is 20.5 Å². The Morgan fingerprint density at radius 1 is 1.23 bits per heavy atom. The predicted octanol–water partition coefficient (Wildman–Crippen LogP) is 0.806. The summed E-state index contributed by atoms with van der Waals surface area (Å²) in [6, 6.07) is 12.4. The lowest BCUT2D eigenvalue weighted by Gasteiger charge is -2.31. The summed E-state index contributed by atoms with van der Waals surface area (Å²) in [6.45, 7) is 4.01. The zero-order chi connectivity index (χ0) is 22.4. The van der Waals surface area contributed by atoms with Crippen LogP contribution in [0.2, 0.25) is 0 Å². The molecule has 0 aromatic heterocycles. The molecule has 10 heteroatoms. The highest BCUT2D eigenvalue weighted by molar-refractivity contribution is 9.10. The Bertz CT molecular complexity index is 1050. The number of benzene rings is 2. The smallest absolute Gasteiger partial charge is 0.295 e. The Labute approximate surface area is 191 Å². The van der Waals surface area contributed by atoms with Crippen molar-refractivity contribution in [2.24, 2.45) is 5.10 Å². The lowest BCUT2D eigenvalue weighted by molar-refractivity contribution is -0.895. The van der Waals surface area contributed by atoms with E-state index in [0.29, 0.717) is 36.8 Å². The van der Waals surface area contributed by atoms with Crippen LogP contribution in [0.4, 0.5) is 0 Å². The highest BCUT2D eigenvalue weighted by atomic mass is 79.9. The number of aryl methyl sites for hydroxylation is 1. The number of ether oxygens (including phenoxy) is 1. The molecule has 166 valence electrons. The molecule has 0 spiro atoms. The van der Waals surface area contributed by atoms with Gasteiger partial charge in [0.2, 0.25) is 10.0 Å². The van der Waals surface area contributed by atoms with Crippen molar-refractivity contribution in [1.82, 2.24) is 9.73 Å². The molecule has 0 bridgehead atoms. The van der Waals surface area contributed by atoms with Gasteiger partial charge in [-0.25, -0.2) is 13.8 Å². The summed E-state index contributed by atoms with van der Waals surface area (Å²) in [6.07, 6.45) is 1.53. The maximum Gasteiger partial charge on any atom is 0.295 e. The third-order valence-electron chi connectivity index (χ3n) is 5.08.